The number of hydrogen-bond acceptors (Lipinski definition) is 1. The lowest BCUT2D eigenvalue weighted by Gasteiger charge is -2.18. The standard InChI is InChI=1S/C13H16BrNO/c1-9(2)8-15(4)13(16)11-7-5-6-10(3)12(11)14/h5-7H,1,8H2,2-4H3. The minimum Gasteiger partial charge on any atom is -0.338 e. The Balaban J connectivity index is 2.96. The molecule has 0 heterocycles. The fraction of sp³-hybridized carbons (Fsp3) is 0.308. The normalized spacial score (nSPS) is 10.0. The largest absolute Gasteiger partial charge is 0.338 e. The first-order valence-corrected chi connectivity index (χ1v) is 5.87. The van der Waals surface area contributed by atoms with Crippen LogP contribution in [-0.4, -0.2) is 24.4 Å². The second-order valence-electron chi connectivity index (χ2n) is 4.05. The van der Waals surface area contributed by atoms with Crippen molar-refractivity contribution in [3.8, 4) is 0 Å². The van der Waals surface area contributed by atoms with Crippen LogP contribution in [0.1, 0.15) is 22.8 Å². The number of carbonyl (C=O) groups is 1. The molecule has 0 fully saturated rings. The Morgan fingerprint density at radius 1 is 1.50 bits per heavy atom. The molecule has 3 heteroatoms. The first kappa shape index (κ1) is 13.0. The molecule has 0 aliphatic rings. The zero-order valence-corrected chi connectivity index (χ0v) is 11.5. The second-order valence-corrected chi connectivity index (χ2v) is 4.85. The van der Waals surface area contributed by atoms with E-state index in [1.807, 2.05) is 32.0 Å². The molecule has 0 N–H and O–H groups in total. The van der Waals surface area contributed by atoms with Crippen molar-refractivity contribution in [1.82, 2.24) is 4.90 Å². The van der Waals surface area contributed by atoms with Crippen molar-refractivity contribution in [2.24, 2.45) is 0 Å². The quantitative estimate of drug-likeness (QED) is 0.778. The van der Waals surface area contributed by atoms with Crippen LogP contribution in [0.25, 0.3) is 0 Å². The molecule has 1 amide bonds. The van der Waals surface area contributed by atoms with E-state index in [1.54, 1.807) is 11.9 Å². The van der Waals surface area contributed by atoms with Gasteiger partial charge in [0.25, 0.3) is 5.91 Å². The molecule has 2 nitrogen and oxygen atoms in total. The summed E-state index contributed by atoms with van der Waals surface area (Å²) in [4.78, 5) is 13.8. The molecule has 0 spiro atoms. The minimum atomic E-state index is 0.0126. The number of carbonyl (C=O) groups excluding carboxylic acids is 1. The van der Waals surface area contributed by atoms with Gasteiger partial charge in [0.1, 0.15) is 0 Å². The van der Waals surface area contributed by atoms with Gasteiger partial charge in [-0.05, 0) is 41.4 Å². The van der Waals surface area contributed by atoms with Crippen molar-refractivity contribution >= 4 is 21.8 Å². The maximum Gasteiger partial charge on any atom is 0.255 e. The number of likely N-dealkylation sites (N-methyl/N-ethyl adjacent to an activating group) is 1. The summed E-state index contributed by atoms with van der Waals surface area (Å²) >= 11 is 3.45. The summed E-state index contributed by atoms with van der Waals surface area (Å²) in [6.45, 7) is 8.27. The summed E-state index contributed by atoms with van der Waals surface area (Å²) in [6, 6.07) is 5.69. The lowest BCUT2D eigenvalue weighted by molar-refractivity contribution is 0.0806. The molecular weight excluding hydrogens is 266 g/mol. The third kappa shape index (κ3) is 2.95. The van der Waals surface area contributed by atoms with Gasteiger partial charge in [-0.1, -0.05) is 24.3 Å². The molecule has 0 atom stereocenters. The van der Waals surface area contributed by atoms with Crippen molar-refractivity contribution < 1.29 is 4.79 Å². The van der Waals surface area contributed by atoms with Gasteiger partial charge in [-0.3, -0.25) is 4.79 Å². The van der Waals surface area contributed by atoms with Crippen LogP contribution < -0.4 is 0 Å². The van der Waals surface area contributed by atoms with Crippen LogP contribution in [-0.2, 0) is 0 Å². The van der Waals surface area contributed by atoms with Crippen molar-refractivity contribution in [3.63, 3.8) is 0 Å². The molecule has 0 radical (unpaired) electrons. The number of amides is 1. The first-order chi connectivity index (χ1) is 7.43. The maximum atomic E-state index is 12.1. The molecular formula is C13H16BrNO. The summed E-state index contributed by atoms with van der Waals surface area (Å²) in [5.74, 6) is 0.0126. The van der Waals surface area contributed by atoms with Gasteiger partial charge in [0, 0.05) is 18.1 Å². The van der Waals surface area contributed by atoms with Gasteiger partial charge in [-0.25, -0.2) is 0 Å². The van der Waals surface area contributed by atoms with Crippen LogP contribution >= 0.6 is 15.9 Å². The predicted molar refractivity (Wildman–Crippen MR) is 70.7 cm³/mol. The Morgan fingerprint density at radius 2 is 2.12 bits per heavy atom. The average Bonchev–Trinajstić information content (AvgIpc) is 2.20. The maximum absolute atomic E-state index is 12.1. The Kier molecular flexibility index (Phi) is 4.30. The Bertz CT molecular complexity index is 426. The topological polar surface area (TPSA) is 20.3 Å². The van der Waals surface area contributed by atoms with Crippen LogP contribution in [0.3, 0.4) is 0 Å². The van der Waals surface area contributed by atoms with E-state index in [-0.39, 0.29) is 5.91 Å². The van der Waals surface area contributed by atoms with Crippen molar-refractivity contribution in [3.05, 3.63) is 46.0 Å². The fourth-order valence-electron chi connectivity index (χ4n) is 1.49. The van der Waals surface area contributed by atoms with E-state index in [4.69, 9.17) is 0 Å². The highest BCUT2D eigenvalue weighted by molar-refractivity contribution is 9.10. The van der Waals surface area contributed by atoms with Gasteiger partial charge in [-0.15, -0.1) is 0 Å². The minimum absolute atomic E-state index is 0.0126. The molecule has 0 aliphatic heterocycles. The van der Waals surface area contributed by atoms with Crippen molar-refractivity contribution in [2.75, 3.05) is 13.6 Å². The number of aryl methyl sites for hydroxylation is 1. The molecule has 86 valence electrons. The molecule has 0 aromatic heterocycles. The molecule has 1 rings (SSSR count). The van der Waals surface area contributed by atoms with Crippen LogP contribution in [0.15, 0.2) is 34.8 Å². The highest BCUT2D eigenvalue weighted by Gasteiger charge is 2.15. The van der Waals surface area contributed by atoms with Gasteiger partial charge < -0.3 is 4.90 Å². The summed E-state index contributed by atoms with van der Waals surface area (Å²) in [5.41, 5.74) is 2.73. The molecule has 0 bridgehead atoms. The van der Waals surface area contributed by atoms with Crippen LogP contribution in [0, 0.1) is 6.92 Å². The molecule has 1 aromatic carbocycles. The van der Waals surface area contributed by atoms with Gasteiger partial charge in [0.05, 0.1) is 5.56 Å². The van der Waals surface area contributed by atoms with Gasteiger partial charge >= 0.3 is 0 Å². The van der Waals surface area contributed by atoms with Gasteiger partial charge in [0.2, 0.25) is 0 Å². The Hall–Kier alpha value is -1.09. The number of hydrogen-bond donors (Lipinski definition) is 0. The highest BCUT2D eigenvalue weighted by Crippen LogP contribution is 2.22. The molecule has 1 aromatic rings. The van der Waals surface area contributed by atoms with E-state index >= 15 is 0 Å². The molecule has 0 aliphatic carbocycles. The summed E-state index contributed by atoms with van der Waals surface area (Å²) in [5, 5.41) is 0. The summed E-state index contributed by atoms with van der Waals surface area (Å²) < 4.78 is 0.869. The first-order valence-electron chi connectivity index (χ1n) is 5.08. The summed E-state index contributed by atoms with van der Waals surface area (Å²) in [7, 11) is 1.78. The zero-order chi connectivity index (χ0) is 12.3. The lowest BCUT2D eigenvalue weighted by atomic mass is 10.1. The third-order valence-corrected chi connectivity index (χ3v) is 3.33. The Labute approximate surface area is 105 Å². The number of rotatable bonds is 3. The van der Waals surface area contributed by atoms with E-state index in [1.165, 1.54) is 0 Å². The fourth-order valence-corrected chi connectivity index (χ4v) is 1.93. The predicted octanol–water partition coefficient (Wildman–Crippen LogP) is 3.41. The highest BCUT2D eigenvalue weighted by atomic mass is 79.9. The molecule has 0 saturated carbocycles. The number of nitrogens with zero attached hydrogens (tertiary/aromatic N) is 1. The van der Waals surface area contributed by atoms with Crippen LogP contribution in [0.4, 0.5) is 0 Å². The van der Waals surface area contributed by atoms with Crippen LogP contribution in [0.5, 0.6) is 0 Å². The molecule has 16 heavy (non-hydrogen) atoms. The van der Waals surface area contributed by atoms with Crippen LogP contribution in [0.2, 0.25) is 0 Å². The smallest absolute Gasteiger partial charge is 0.255 e. The van der Waals surface area contributed by atoms with Gasteiger partial charge in [-0.2, -0.15) is 0 Å². The SMILES string of the molecule is C=C(C)CN(C)C(=O)c1cccc(C)c1Br. The number of benzene rings is 1. The molecule has 0 unspecified atom stereocenters. The number of halogens is 1. The van der Waals surface area contributed by atoms with E-state index < -0.39 is 0 Å². The third-order valence-electron chi connectivity index (χ3n) is 2.28. The summed E-state index contributed by atoms with van der Waals surface area (Å²) in [6.07, 6.45) is 0. The van der Waals surface area contributed by atoms with E-state index in [9.17, 15) is 4.79 Å². The van der Waals surface area contributed by atoms with Crippen molar-refractivity contribution in [2.45, 2.75) is 13.8 Å². The monoisotopic (exact) mass is 281 g/mol. The zero-order valence-electron chi connectivity index (χ0n) is 9.88. The van der Waals surface area contributed by atoms with E-state index in [0.717, 1.165) is 15.6 Å². The average molecular weight is 282 g/mol. The lowest BCUT2D eigenvalue weighted by Crippen LogP contribution is -2.28. The van der Waals surface area contributed by atoms with Crippen molar-refractivity contribution in [1.29, 1.82) is 0 Å². The van der Waals surface area contributed by atoms with E-state index in [2.05, 4.69) is 22.5 Å². The van der Waals surface area contributed by atoms with E-state index in [0.29, 0.717) is 12.1 Å². The second kappa shape index (κ2) is 5.30. The van der Waals surface area contributed by atoms with Gasteiger partial charge in [0.15, 0.2) is 0 Å². The molecule has 0 saturated heterocycles. The Morgan fingerprint density at radius 3 is 2.69 bits per heavy atom.